The summed E-state index contributed by atoms with van der Waals surface area (Å²) in [5.41, 5.74) is 5.51. The Morgan fingerprint density at radius 1 is 1.05 bits per heavy atom. The number of amides is 1. The van der Waals surface area contributed by atoms with Crippen LogP contribution in [0.25, 0.3) is 0 Å². The van der Waals surface area contributed by atoms with E-state index in [0.717, 1.165) is 0 Å². The summed E-state index contributed by atoms with van der Waals surface area (Å²) in [5.74, 6) is -1.10. The fraction of sp³-hybridized carbons (Fsp3) is 0. The number of carbonyl (C=O) groups is 2. The smallest absolute Gasteiger partial charge is 0.339 e. The molecule has 3 N–H and O–H groups in total. The zero-order chi connectivity index (χ0) is 13.8. The van der Waals surface area contributed by atoms with Gasteiger partial charge in [0.15, 0.2) is 0 Å². The predicted octanol–water partition coefficient (Wildman–Crippen LogP) is 2.28. The number of primary amides is 1. The van der Waals surface area contributed by atoms with E-state index < -0.39 is 11.9 Å². The highest BCUT2D eigenvalue weighted by Gasteiger charge is 2.11. The number of rotatable bonds is 4. The minimum absolute atomic E-state index is 0.0481. The molecule has 0 aliphatic carbocycles. The molecule has 2 aromatic rings. The van der Waals surface area contributed by atoms with E-state index in [0.29, 0.717) is 11.3 Å². The van der Waals surface area contributed by atoms with Crippen molar-refractivity contribution in [3.8, 4) is 11.5 Å². The Bertz CT molecular complexity index is 637. The van der Waals surface area contributed by atoms with Crippen LogP contribution < -0.4 is 10.5 Å². The lowest BCUT2D eigenvalue weighted by Crippen LogP contribution is -2.10. The molecule has 2 rings (SSSR count). The van der Waals surface area contributed by atoms with E-state index >= 15 is 0 Å². The predicted molar refractivity (Wildman–Crippen MR) is 68.4 cm³/mol. The maximum atomic E-state index is 11.1. The summed E-state index contributed by atoms with van der Waals surface area (Å²) in [7, 11) is 0. The average Bonchev–Trinajstić information content (AvgIpc) is 2.39. The molecule has 0 aliphatic rings. The lowest BCUT2D eigenvalue weighted by atomic mass is 10.2. The molecule has 0 saturated carbocycles. The monoisotopic (exact) mass is 257 g/mol. The molecule has 0 fully saturated rings. The number of benzene rings is 2. The van der Waals surface area contributed by atoms with E-state index in [1.807, 2.05) is 0 Å². The minimum atomic E-state index is -1.08. The summed E-state index contributed by atoms with van der Waals surface area (Å²) in [4.78, 5) is 22.1. The standard InChI is InChI=1S/C14H11NO4/c15-13(16)9-4-3-5-10(8-9)19-12-7-2-1-6-11(12)14(17)18/h1-8H,(H2,15,16)(H,17,18). The van der Waals surface area contributed by atoms with Crippen molar-refractivity contribution in [2.45, 2.75) is 0 Å². The van der Waals surface area contributed by atoms with E-state index in [4.69, 9.17) is 15.6 Å². The zero-order valence-corrected chi connectivity index (χ0v) is 9.87. The Hall–Kier alpha value is -2.82. The first-order valence-corrected chi connectivity index (χ1v) is 5.48. The number of carbonyl (C=O) groups excluding carboxylic acids is 1. The maximum absolute atomic E-state index is 11.1. The summed E-state index contributed by atoms with van der Waals surface area (Å²) >= 11 is 0. The Balaban J connectivity index is 2.34. The highest BCUT2D eigenvalue weighted by Crippen LogP contribution is 2.25. The molecule has 0 atom stereocenters. The number of ether oxygens (including phenoxy) is 1. The van der Waals surface area contributed by atoms with E-state index in [1.54, 1.807) is 36.4 Å². The number of hydrogen-bond acceptors (Lipinski definition) is 3. The molecule has 0 saturated heterocycles. The van der Waals surface area contributed by atoms with Crippen LogP contribution in [0.5, 0.6) is 11.5 Å². The minimum Gasteiger partial charge on any atom is -0.478 e. The third-order valence-corrected chi connectivity index (χ3v) is 2.46. The number of nitrogens with two attached hydrogens (primary N) is 1. The van der Waals surface area contributed by atoms with Gasteiger partial charge in [0.25, 0.3) is 0 Å². The largest absolute Gasteiger partial charge is 0.478 e. The second-order valence-electron chi connectivity index (χ2n) is 3.80. The highest BCUT2D eigenvalue weighted by molar-refractivity contribution is 5.93. The van der Waals surface area contributed by atoms with Crippen LogP contribution in [0.4, 0.5) is 0 Å². The Morgan fingerprint density at radius 3 is 2.47 bits per heavy atom. The summed E-state index contributed by atoms with van der Waals surface area (Å²) in [6.45, 7) is 0. The SMILES string of the molecule is NC(=O)c1cccc(Oc2ccccc2C(=O)O)c1. The Morgan fingerprint density at radius 2 is 1.79 bits per heavy atom. The van der Waals surface area contributed by atoms with Crippen molar-refractivity contribution < 1.29 is 19.4 Å². The number of carboxylic acids is 1. The van der Waals surface area contributed by atoms with Crippen LogP contribution in [-0.4, -0.2) is 17.0 Å². The first-order chi connectivity index (χ1) is 9.08. The molecular formula is C14H11NO4. The third-order valence-electron chi connectivity index (χ3n) is 2.46. The van der Waals surface area contributed by atoms with Crippen LogP contribution in [0.2, 0.25) is 0 Å². The van der Waals surface area contributed by atoms with Gasteiger partial charge in [-0.05, 0) is 30.3 Å². The van der Waals surface area contributed by atoms with Gasteiger partial charge in [0, 0.05) is 5.56 Å². The van der Waals surface area contributed by atoms with Crippen molar-refractivity contribution in [3.63, 3.8) is 0 Å². The maximum Gasteiger partial charge on any atom is 0.339 e. The van der Waals surface area contributed by atoms with Gasteiger partial charge in [0.1, 0.15) is 17.1 Å². The molecular weight excluding hydrogens is 246 g/mol. The number of para-hydroxylation sites is 1. The number of aromatic carboxylic acids is 1. The second kappa shape index (κ2) is 5.22. The van der Waals surface area contributed by atoms with Crippen LogP contribution in [-0.2, 0) is 0 Å². The molecule has 0 bridgehead atoms. The lowest BCUT2D eigenvalue weighted by molar-refractivity contribution is 0.0694. The van der Waals surface area contributed by atoms with Crippen molar-refractivity contribution in [1.29, 1.82) is 0 Å². The zero-order valence-electron chi connectivity index (χ0n) is 9.87. The topological polar surface area (TPSA) is 89.6 Å². The van der Waals surface area contributed by atoms with Gasteiger partial charge in [-0.15, -0.1) is 0 Å². The van der Waals surface area contributed by atoms with Crippen molar-refractivity contribution in [3.05, 3.63) is 59.7 Å². The van der Waals surface area contributed by atoms with Gasteiger partial charge in [0.2, 0.25) is 5.91 Å². The molecule has 0 heterocycles. The lowest BCUT2D eigenvalue weighted by Gasteiger charge is -2.09. The van der Waals surface area contributed by atoms with Crippen molar-refractivity contribution >= 4 is 11.9 Å². The van der Waals surface area contributed by atoms with Crippen molar-refractivity contribution in [1.82, 2.24) is 0 Å². The van der Waals surface area contributed by atoms with Crippen LogP contribution in [0.1, 0.15) is 20.7 Å². The van der Waals surface area contributed by atoms with Gasteiger partial charge in [-0.2, -0.15) is 0 Å². The van der Waals surface area contributed by atoms with Gasteiger partial charge < -0.3 is 15.6 Å². The normalized spacial score (nSPS) is 9.89. The molecule has 2 aromatic carbocycles. The van der Waals surface area contributed by atoms with Crippen LogP contribution in [0.15, 0.2) is 48.5 Å². The summed E-state index contributed by atoms with van der Waals surface area (Å²) in [6.07, 6.45) is 0. The molecule has 19 heavy (non-hydrogen) atoms. The van der Waals surface area contributed by atoms with Crippen molar-refractivity contribution in [2.24, 2.45) is 5.73 Å². The first kappa shape index (κ1) is 12.6. The van der Waals surface area contributed by atoms with E-state index in [1.165, 1.54) is 12.1 Å². The van der Waals surface area contributed by atoms with Gasteiger partial charge >= 0.3 is 5.97 Å². The summed E-state index contributed by atoms with van der Waals surface area (Å²) in [6, 6.07) is 12.5. The first-order valence-electron chi connectivity index (χ1n) is 5.48. The quantitative estimate of drug-likeness (QED) is 0.879. The fourth-order valence-electron chi connectivity index (χ4n) is 1.57. The van der Waals surface area contributed by atoms with E-state index in [9.17, 15) is 9.59 Å². The van der Waals surface area contributed by atoms with Gasteiger partial charge in [-0.3, -0.25) is 4.79 Å². The second-order valence-corrected chi connectivity index (χ2v) is 3.80. The molecule has 5 heteroatoms. The molecule has 96 valence electrons. The van der Waals surface area contributed by atoms with E-state index in [2.05, 4.69) is 0 Å². The van der Waals surface area contributed by atoms with Crippen LogP contribution >= 0.6 is 0 Å². The molecule has 0 unspecified atom stereocenters. The molecule has 0 aromatic heterocycles. The number of hydrogen-bond donors (Lipinski definition) is 2. The van der Waals surface area contributed by atoms with Crippen LogP contribution in [0, 0.1) is 0 Å². The van der Waals surface area contributed by atoms with Gasteiger partial charge in [-0.1, -0.05) is 18.2 Å². The molecule has 0 aliphatic heterocycles. The molecule has 1 amide bonds. The van der Waals surface area contributed by atoms with Crippen LogP contribution in [0.3, 0.4) is 0 Å². The molecule has 0 spiro atoms. The highest BCUT2D eigenvalue weighted by atomic mass is 16.5. The van der Waals surface area contributed by atoms with Crippen molar-refractivity contribution in [2.75, 3.05) is 0 Å². The summed E-state index contributed by atoms with van der Waals surface area (Å²) < 4.78 is 5.47. The fourth-order valence-corrected chi connectivity index (χ4v) is 1.57. The Kier molecular flexibility index (Phi) is 3.47. The van der Waals surface area contributed by atoms with Gasteiger partial charge in [-0.25, -0.2) is 4.79 Å². The molecule has 0 radical (unpaired) electrons. The van der Waals surface area contributed by atoms with E-state index in [-0.39, 0.29) is 11.3 Å². The third kappa shape index (κ3) is 2.90. The summed E-state index contributed by atoms with van der Waals surface area (Å²) in [5, 5.41) is 9.03. The average molecular weight is 257 g/mol. The molecule has 5 nitrogen and oxygen atoms in total. The number of carboxylic acid groups (broad SMARTS) is 1. The Labute approximate surface area is 109 Å². The van der Waals surface area contributed by atoms with Gasteiger partial charge in [0.05, 0.1) is 0 Å².